The molecule has 24 heavy (non-hydrogen) atoms. The quantitative estimate of drug-likeness (QED) is 0.750. The number of para-hydroxylation sites is 1. The maximum Gasteiger partial charge on any atom is 0.237 e. The lowest BCUT2D eigenvalue weighted by atomic mass is 9.95. The molecule has 1 amide bonds. The lowest BCUT2D eigenvalue weighted by molar-refractivity contribution is -0.123. The second-order valence-electron chi connectivity index (χ2n) is 5.80. The number of aliphatic hydroxyl groups is 1. The summed E-state index contributed by atoms with van der Waals surface area (Å²) >= 11 is 0. The molecular weight excluding hydrogens is 304 g/mol. The van der Waals surface area contributed by atoms with Gasteiger partial charge in [-0.25, -0.2) is 0 Å². The Kier molecular flexibility index (Phi) is 5.46. The number of amides is 1. The summed E-state index contributed by atoms with van der Waals surface area (Å²) in [5.74, 6) is 0.676. The summed E-state index contributed by atoms with van der Waals surface area (Å²) in [6.45, 7) is 1.32. The van der Waals surface area contributed by atoms with Crippen molar-refractivity contribution in [2.45, 2.75) is 25.6 Å². The molecule has 0 aliphatic carbocycles. The summed E-state index contributed by atoms with van der Waals surface area (Å²) in [5.41, 5.74) is 3.38. The standard InChI is InChI=1S/C19H22N2O3/c22-9-10-24-18-8-4-3-7-16(18)13-21-19(23)17-11-14-5-1-2-6-15(14)12-20-17/h1-8,17,20,22H,9-13H2,(H,21,23)/t17-/m1/s1. The second-order valence-corrected chi connectivity index (χ2v) is 5.80. The first-order valence-electron chi connectivity index (χ1n) is 8.17. The molecule has 1 atom stereocenters. The molecule has 1 aliphatic rings. The van der Waals surface area contributed by atoms with Crippen LogP contribution in [0.1, 0.15) is 16.7 Å². The predicted octanol–water partition coefficient (Wildman–Crippen LogP) is 1.39. The third kappa shape index (κ3) is 3.93. The van der Waals surface area contributed by atoms with E-state index in [9.17, 15) is 4.79 Å². The number of hydrogen-bond acceptors (Lipinski definition) is 4. The van der Waals surface area contributed by atoms with Crippen molar-refractivity contribution in [3.05, 3.63) is 65.2 Å². The Bertz CT molecular complexity index is 703. The first kappa shape index (κ1) is 16.5. The van der Waals surface area contributed by atoms with Gasteiger partial charge in [0.15, 0.2) is 0 Å². The maximum atomic E-state index is 12.5. The molecule has 2 aromatic rings. The van der Waals surface area contributed by atoms with Crippen LogP contribution in [0, 0.1) is 0 Å². The minimum absolute atomic E-state index is 0.0125. The van der Waals surface area contributed by atoms with Crippen LogP contribution < -0.4 is 15.4 Å². The Hall–Kier alpha value is -2.37. The Morgan fingerprint density at radius 1 is 1.17 bits per heavy atom. The van der Waals surface area contributed by atoms with E-state index in [4.69, 9.17) is 9.84 Å². The highest BCUT2D eigenvalue weighted by Crippen LogP contribution is 2.19. The van der Waals surface area contributed by atoms with Crippen molar-refractivity contribution in [3.63, 3.8) is 0 Å². The largest absolute Gasteiger partial charge is 0.491 e. The molecule has 0 radical (unpaired) electrons. The average Bonchev–Trinajstić information content (AvgIpc) is 2.64. The van der Waals surface area contributed by atoms with E-state index in [-0.39, 0.29) is 25.2 Å². The number of fused-ring (bicyclic) bond motifs is 1. The van der Waals surface area contributed by atoms with Crippen LogP contribution in [0.25, 0.3) is 0 Å². The van der Waals surface area contributed by atoms with Crippen LogP contribution in [0.4, 0.5) is 0 Å². The second kappa shape index (κ2) is 7.95. The number of carbonyl (C=O) groups is 1. The molecule has 1 heterocycles. The van der Waals surface area contributed by atoms with E-state index in [0.29, 0.717) is 25.3 Å². The van der Waals surface area contributed by atoms with Crippen LogP contribution in [0.15, 0.2) is 48.5 Å². The number of rotatable bonds is 6. The first-order chi connectivity index (χ1) is 11.8. The number of carbonyl (C=O) groups excluding carboxylic acids is 1. The number of ether oxygens (including phenoxy) is 1. The van der Waals surface area contributed by atoms with Gasteiger partial charge in [0.25, 0.3) is 0 Å². The fourth-order valence-corrected chi connectivity index (χ4v) is 2.89. The van der Waals surface area contributed by atoms with Crippen molar-refractivity contribution >= 4 is 5.91 Å². The van der Waals surface area contributed by atoms with E-state index in [1.54, 1.807) is 0 Å². The van der Waals surface area contributed by atoms with Crippen molar-refractivity contribution in [2.24, 2.45) is 0 Å². The summed E-state index contributed by atoms with van der Waals surface area (Å²) in [5, 5.41) is 15.1. The Labute approximate surface area is 141 Å². The molecule has 3 N–H and O–H groups in total. The molecule has 1 aliphatic heterocycles. The molecule has 126 valence electrons. The summed E-state index contributed by atoms with van der Waals surface area (Å²) in [4.78, 5) is 12.5. The zero-order valence-electron chi connectivity index (χ0n) is 13.5. The van der Waals surface area contributed by atoms with Gasteiger partial charge in [-0.15, -0.1) is 0 Å². The molecule has 0 bridgehead atoms. The number of benzene rings is 2. The van der Waals surface area contributed by atoms with Gasteiger partial charge >= 0.3 is 0 Å². The monoisotopic (exact) mass is 326 g/mol. The number of nitrogens with one attached hydrogen (secondary N) is 2. The lowest BCUT2D eigenvalue weighted by Gasteiger charge is -2.25. The van der Waals surface area contributed by atoms with Crippen molar-refractivity contribution in [1.29, 1.82) is 0 Å². The summed E-state index contributed by atoms with van der Waals surface area (Å²) in [7, 11) is 0. The fourth-order valence-electron chi connectivity index (χ4n) is 2.89. The van der Waals surface area contributed by atoms with Gasteiger partial charge in [-0.05, 0) is 23.6 Å². The van der Waals surface area contributed by atoms with Gasteiger partial charge < -0.3 is 20.5 Å². The van der Waals surface area contributed by atoms with Gasteiger partial charge in [0.05, 0.1) is 12.6 Å². The molecule has 0 saturated heterocycles. The molecule has 0 spiro atoms. The van der Waals surface area contributed by atoms with Gasteiger partial charge in [-0.3, -0.25) is 4.79 Å². The van der Waals surface area contributed by atoms with Crippen LogP contribution in [0.2, 0.25) is 0 Å². The highest BCUT2D eigenvalue weighted by molar-refractivity contribution is 5.82. The Balaban J connectivity index is 1.59. The minimum Gasteiger partial charge on any atom is -0.491 e. The Morgan fingerprint density at radius 3 is 2.75 bits per heavy atom. The van der Waals surface area contributed by atoms with Crippen molar-refractivity contribution in [3.8, 4) is 5.75 Å². The zero-order valence-corrected chi connectivity index (χ0v) is 13.5. The predicted molar refractivity (Wildman–Crippen MR) is 91.6 cm³/mol. The van der Waals surface area contributed by atoms with Crippen molar-refractivity contribution in [1.82, 2.24) is 10.6 Å². The summed E-state index contributed by atoms with van der Waals surface area (Å²) < 4.78 is 5.49. The zero-order chi connectivity index (χ0) is 16.8. The lowest BCUT2D eigenvalue weighted by Crippen LogP contribution is -2.47. The van der Waals surface area contributed by atoms with Gasteiger partial charge in [-0.1, -0.05) is 42.5 Å². The van der Waals surface area contributed by atoms with Crippen LogP contribution in [0.5, 0.6) is 5.75 Å². The van der Waals surface area contributed by atoms with Crippen LogP contribution in [0.3, 0.4) is 0 Å². The third-order valence-corrected chi connectivity index (χ3v) is 4.17. The normalized spacial score (nSPS) is 16.3. The van der Waals surface area contributed by atoms with Crippen LogP contribution in [-0.4, -0.2) is 30.3 Å². The van der Waals surface area contributed by atoms with Crippen molar-refractivity contribution < 1.29 is 14.6 Å². The molecule has 5 nitrogen and oxygen atoms in total. The summed E-state index contributed by atoms with van der Waals surface area (Å²) in [6.07, 6.45) is 0.699. The fraction of sp³-hybridized carbons (Fsp3) is 0.316. The molecule has 0 aromatic heterocycles. The van der Waals surface area contributed by atoms with E-state index in [0.717, 1.165) is 5.56 Å². The number of aliphatic hydroxyl groups excluding tert-OH is 1. The van der Waals surface area contributed by atoms with Gasteiger partial charge in [0.1, 0.15) is 12.4 Å². The third-order valence-electron chi connectivity index (χ3n) is 4.17. The molecule has 3 rings (SSSR count). The topological polar surface area (TPSA) is 70.6 Å². The number of hydrogen-bond donors (Lipinski definition) is 3. The first-order valence-corrected chi connectivity index (χ1v) is 8.17. The van der Waals surface area contributed by atoms with E-state index in [2.05, 4.69) is 22.8 Å². The molecule has 0 unspecified atom stereocenters. The smallest absolute Gasteiger partial charge is 0.237 e. The van der Waals surface area contributed by atoms with Crippen LogP contribution >= 0.6 is 0 Å². The minimum atomic E-state index is -0.217. The molecular formula is C19H22N2O3. The van der Waals surface area contributed by atoms with E-state index < -0.39 is 0 Å². The SMILES string of the molecule is O=C(NCc1ccccc1OCCO)[C@H]1Cc2ccccc2CN1. The van der Waals surface area contributed by atoms with Crippen LogP contribution in [-0.2, 0) is 24.3 Å². The highest BCUT2D eigenvalue weighted by atomic mass is 16.5. The average molecular weight is 326 g/mol. The Morgan fingerprint density at radius 2 is 1.92 bits per heavy atom. The highest BCUT2D eigenvalue weighted by Gasteiger charge is 2.23. The van der Waals surface area contributed by atoms with Crippen molar-refractivity contribution in [2.75, 3.05) is 13.2 Å². The van der Waals surface area contributed by atoms with Gasteiger partial charge in [-0.2, -0.15) is 0 Å². The van der Waals surface area contributed by atoms with E-state index in [1.807, 2.05) is 36.4 Å². The van der Waals surface area contributed by atoms with Gasteiger partial charge in [0.2, 0.25) is 5.91 Å². The van der Waals surface area contributed by atoms with E-state index in [1.165, 1.54) is 11.1 Å². The molecule has 0 fully saturated rings. The molecule has 5 heteroatoms. The molecule has 2 aromatic carbocycles. The van der Waals surface area contributed by atoms with Gasteiger partial charge in [0, 0.05) is 18.7 Å². The molecule has 0 saturated carbocycles. The maximum absolute atomic E-state index is 12.5. The van der Waals surface area contributed by atoms with E-state index >= 15 is 0 Å². The summed E-state index contributed by atoms with van der Waals surface area (Å²) in [6, 6.07) is 15.5.